The lowest BCUT2D eigenvalue weighted by Crippen LogP contribution is -2.38. The van der Waals surface area contributed by atoms with Crippen molar-refractivity contribution in [3.63, 3.8) is 0 Å². The van der Waals surface area contributed by atoms with Gasteiger partial charge in [-0.25, -0.2) is 0 Å². The van der Waals surface area contributed by atoms with Crippen molar-refractivity contribution in [1.82, 2.24) is 10.2 Å². The first-order valence-corrected chi connectivity index (χ1v) is 7.86. The van der Waals surface area contributed by atoms with E-state index in [1.807, 2.05) is 18.2 Å². The molecule has 112 valence electrons. The molecule has 4 heteroatoms. The number of hydrogen-bond acceptors (Lipinski definition) is 3. The van der Waals surface area contributed by atoms with E-state index in [0.29, 0.717) is 0 Å². The Labute approximate surface area is 127 Å². The van der Waals surface area contributed by atoms with Gasteiger partial charge in [-0.05, 0) is 50.5 Å². The second-order valence-corrected chi connectivity index (χ2v) is 5.87. The summed E-state index contributed by atoms with van der Waals surface area (Å²) >= 11 is 6.33. The Morgan fingerprint density at radius 2 is 2.30 bits per heavy atom. The SMILES string of the molecule is CCN(Cc1c(Cl)cccc1OC)CC1CCCNC1. The van der Waals surface area contributed by atoms with Crippen molar-refractivity contribution >= 4 is 11.6 Å². The van der Waals surface area contributed by atoms with Crippen LogP contribution in [0.3, 0.4) is 0 Å². The van der Waals surface area contributed by atoms with E-state index in [1.54, 1.807) is 7.11 Å². The molecule has 0 bridgehead atoms. The summed E-state index contributed by atoms with van der Waals surface area (Å²) in [5.74, 6) is 1.63. The molecule has 1 aromatic rings. The van der Waals surface area contributed by atoms with Gasteiger partial charge in [0.25, 0.3) is 0 Å². The zero-order valence-corrected chi connectivity index (χ0v) is 13.2. The van der Waals surface area contributed by atoms with Crippen LogP contribution in [0.2, 0.25) is 5.02 Å². The zero-order chi connectivity index (χ0) is 14.4. The van der Waals surface area contributed by atoms with Gasteiger partial charge >= 0.3 is 0 Å². The van der Waals surface area contributed by atoms with Crippen LogP contribution in [0.15, 0.2) is 18.2 Å². The smallest absolute Gasteiger partial charge is 0.124 e. The monoisotopic (exact) mass is 296 g/mol. The van der Waals surface area contributed by atoms with E-state index in [-0.39, 0.29) is 0 Å². The van der Waals surface area contributed by atoms with E-state index >= 15 is 0 Å². The topological polar surface area (TPSA) is 24.5 Å². The first kappa shape index (κ1) is 15.6. The van der Waals surface area contributed by atoms with Crippen molar-refractivity contribution in [2.45, 2.75) is 26.3 Å². The Morgan fingerprint density at radius 3 is 2.95 bits per heavy atom. The first-order chi connectivity index (χ1) is 9.74. The molecular weight excluding hydrogens is 272 g/mol. The van der Waals surface area contributed by atoms with Gasteiger partial charge in [-0.3, -0.25) is 4.90 Å². The van der Waals surface area contributed by atoms with Crippen LogP contribution in [-0.4, -0.2) is 38.2 Å². The highest BCUT2D eigenvalue weighted by atomic mass is 35.5. The second-order valence-electron chi connectivity index (χ2n) is 5.46. The highest BCUT2D eigenvalue weighted by molar-refractivity contribution is 6.31. The molecule has 0 spiro atoms. The Bertz CT molecular complexity index is 419. The van der Waals surface area contributed by atoms with Crippen molar-refractivity contribution < 1.29 is 4.74 Å². The molecule has 1 saturated heterocycles. The van der Waals surface area contributed by atoms with Gasteiger partial charge in [-0.1, -0.05) is 24.6 Å². The number of methoxy groups -OCH3 is 1. The molecule has 3 nitrogen and oxygen atoms in total. The Hall–Kier alpha value is -0.770. The average Bonchev–Trinajstić information content (AvgIpc) is 2.49. The molecule has 1 unspecified atom stereocenters. The first-order valence-electron chi connectivity index (χ1n) is 7.49. The summed E-state index contributed by atoms with van der Waals surface area (Å²) in [4.78, 5) is 2.46. The van der Waals surface area contributed by atoms with Crippen molar-refractivity contribution in [2.24, 2.45) is 5.92 Å². The lowest BCUT2D eigenvalue weighted by molar-refractivity contribution is 0.207. The molecule has 1 fully saturated rings. The van der Waals surface area contributed by atoms with Gasteiger partial charge in [0.05, 0.1) is 7.11 Å². The molecule has 0 amide bonds. The standard InChI is InChI=1S/C16H25ClN2O/c1-3-19(11-13-6-5-9-18-10-13)12-14-15(17)7-4-8-16(14)20-2/h4,7-8,13,18H,3,5-6,9-12H2,1-2H3. The molecule has 1 heterocycles. The number of nitrogens with zero attached hydrogens (tertiary/aromatic N) is 1. The minimum Gasteiger partial charge on any atom is -0.496 e. The van der Waals surface area contributed by atoms with Gasteiger partial charge in [0.1, 0.15) is 5.75 Å². The Kier molecular flexibility index (Phi) is 6.14. The molecule has 1 aromatic carbocycles. The third-order valence-electron chi connectivity index (χ3n) is 4.04. The Morgan fingerprint density at radius 1 is 1.45 bits per heavy atom. The van der Waals surface area contributed by atoms with Gasteiger partial charge in [-0.15, -0.1) is 0 Å². The summed E-state index contributed by atoms with van der Waals surface area (Å²) in [6.45, 7) is 7.52. The number of rotatable bonds is 6. The van der Waals surface area contributed by atoms with Gasteiger partial charge in [0, 0.05) is 23.7 Å². The predicted molar refractivity (Wildman–Crippen MR) is 84.5 cm³/mol. The number of benzene rings is 1. The third-order valence-corrected chi connectivity index (χ3v) is 4.39. The summed E-state index contributed by atoms with van der Waals surface area (Å²) in [5, 5.41) is 4.28. The number of ether oxygens (including phenoxy) is 1. The number of nitrogens with one attached hydrogen (secondary N) is 1. The van der Waals surface area contributed by atoms with Crippen molar-refractivity contribution in [1.29, 1.82) is 0 Å². The molecular formula is C16H25ClN2O. The van der Waals surface area contributed by atoms with Gasteiger partial charge in [0.2, 0.25) is 0 Å². The lowest BCUT2D eigenvalue weighted by atomic mass is 9.99. The molecule has 1 N–H and O–H groups in total. The molecule has 2 rings (SSSR count). The Balaban J connectivity index is 2.02. The van der Waals surface area contributed by atoms with Crippen LogP contribution in [0.5, 0.6) is 5.75 Å². The van der Waals surface area contributed by atoms with E-state index < -0.39 is 0 Å². The summed E-state index contributed by atoms with van der Waals surface area (Å²) in [6, 6.07) is 5.86. The maximum absolute atomic E-state index is 6.33. The number of halogens is 1. The quantitative estimate of drug-likeness (QED) is 0.873. The fourth-order valence-electron chi connectivity index (χ4n) is 2.86. The molecule has 0 aromatic heterocycles. The highest BCUT2D eigenvalue weighted by Gasteiger charge is 2.18. The summed E-state index contributed by atoms with van der Waals surface area (Å²) in [5.41, 5.74) is 1.10. The maximum Gasteiger partial charge on any atom is 0.124 e. The minimum absolute atomic E-state index is 0.747. The molecule has 1 aliphatic rings. The number of hydrogen-bond donors (Lipinski definition) is 1. The summed E-state index contributed by atoms with van der Waals surface area (Å²) in [6.07, 6.45) is 2.61. The largest absolute Gasteiger partial charge is 0.496 e. The van der Waals surface area contributed by atoms with Crippen LogP contribution in [0.25, 0.3) is 0 Å². The van der Waals surface area contributed by atoms with E-state index in [0.717, 1.165) is 48.4 Å². The van der Waals surface area contributed by atoms with Crippen LogP contribution in [0.1, 0.15) is 25.3 Å². The van der Waals surface area contributed by atoms with E-state index in [4.69, 9.17) is 16.3 Å². The highest BCUT2D eigenvalue weighted by Crippen LogP contribution is 2.28. The van der Waals surface area contributed by atoms with Crippen molar-refractivity contribution in [3.05, 3.63) is 28.8 Å². The number of piperidine rings is 1. The summed E-state index contributed by atoms with van der Waals surface area (Å²) < 4.78 is 5.44. The van der Waals surface area contributed by atoms with Crippen LogP contribution in [0.4, 0.5) is 0 Å². The van der Waals surface area contributed by atoms with E-state index in [2.05, 4.69) is 17.1 Å². The van der Waals surface area contributed by atoms with Crippen LogP contribution in [-0.2, 0) is 6.54 Å². The van der Waals surface area contributed by atoms with Crippen LogP contribution in [0, 0.1) is 5.92 Å². The van der Waals surface area contributed by atoms with E-state index in [1.165, 1.54) is 19.4 Å². The van der Waals surface area contributed by atoms with Crippen LogP contribution < -0.4 is 10.1 Å². The molecule has 0 saturated carbocycles. The normalized spacial score (nSPS) is 19.3. The second kappa shape index (κ2) is 7.87. The molecule has 1 atom stereocenters. The van der Waals surface area contributed by atoms with Gasteiger partial charge < -0.3 is 10.1 Å². The van der Waals surface area contributed by atoms with Crippen LogP contribution >= 0.6 is 11.6 Å². The van der Waals surface area contributed by atoms with Gasteiger partial charge in [-0.2, -0.15) is 0 Å². The zero-order valence-electron chi connectivity index (χ0n) is 12.5. The molecule has 1 aliphatic heterocycles. The fourth-order valence-corrected chi connectivity index (χ4v) is 3.08. The van der Waals surface area contributed by atoms with E-state index in [9.17, 15) is 0 Å². The van der Waals surface area contributed by atoms with Crippen molar-refractivity contribution in [2.75, 3.05) is 33.3 Å². The third kappa shape index (κ3) is 4.11. The molecule has 0 radical (unpaired) electrons. The molecule has 0 aliphatic carbocycles. The predicted octanol–water partition coefficient (Wildman–Crippen LogP) is 3.17. The van der Waals surface area contributed by atoms with Gasteiger partial charge in [0.15, 0.2) is 0 Å². The maximum atomic E-state index is 6.33. The minimum atomic E-state index is 0.747. The lowest BCUT2D eigenvalue weighted by Gasteiger charge is -2.30. The average molecular weight is 297 g/mol. The summed E-state index contributed by atoms with van der Waals surface area (Å²) in [7, 11) is 1.70. The van der Waals surface area contributed by atoms with Crippen molar-refractivity contribution in [3.8, 4) is 5.75 Å². The molecule has 20 heavy (non-hydrogen) atoms. The fraction of sp³-hybridized carbons (Fsp3) is 0.625.